The molecule has 0 saturated carbocycles. The Hall–Kier alpha value is -1.88. The second-order valence-corrected chi connectivity index (χ2v) is 6.70. The van der Waals surface area contributed by atoms with E-state index in [1.165, 1.54) is 11.1 Å². The van der Waals surface area contributed by atoms with Crippen LogP contribution in [-0.2, 0) is 0 Å². The van der Waals surface area contributed by atoms with Gasteiger partial charge in [0.2, 0.25) is 0 Å². The third kappa shape index (κ3) is 5.30. The minimum Gasteiger partial charge on any atom is -0.495 e. The van der Waals surface area contributed by atoms with E-state index in [0.29, 0.717) is 22.9 Å². The van der Waals surface area contributed by atoms with Gasteiger partial charge in [-0.15, -0.1) is 0 Å². The van der Waals surface area contributed by atoms with Gasteiger partial charge in [0.25, 0.3) is 0 Å². The Morgan fingerprint density at radius 3 is 2.44 bits per heavy atom. The van der Waals surface area contributed by atoms with Crippen molar-refractivity contribution in [2.24, 2.45) is 0 Å². The molecule has 1 N–H and O–H groups in total. The molecule has 0 aliphatic rings. The van der Waals surface area contributed by atoms with E-state index in [4.69, 9.17) is 16.3 Å². The van der Waals surface area contributed by atoms with E-state index in [1.54, 1.807) is 25.3 Å². The number of aryl methyl sites for hydroxylation is 1. The van der Waals surface area contributed by atoms with Crippen molar-refractivity contribution in [2.75, 3.05) is 34.3 Å². The Kier molecular flexibility index (Phi) is 7.00. The Morgan fingerprint density at radius 2 is 1.88 bits per heavy atom. The van der Waals surface area contributed by atoms with Crippen molar-refractivity contribution in [1.82, 2.24) is 10.2 Å². The second-order valence-electron chi connectivity index (χ2n) is 6.29. The minimum atomic E-state index is 0.00552. The molecule has 0 aliphatic carbocycles. The van der Waals surface area contributed by atoms with Gasteiger partial charge in [0.15, 0.2) is 5.78 Å². The summed E-state index contributed by atoms with van der Waals surface area (Å²) in [4.78, 5) is 14.5. The Bertz CT molecular complexity index is 714. The maximum atomic E-state index is 12.4. The van der Waals surface area contributed by atoms with Crippen LogP contribution in [0.1, 0.15) is 27.5 Å². The molecule has 0 heterocycles. The van der Waals surface area contributed by atoms with Crippen LogP contribution in [0.15, 0.2) is 42.5 Å². The molecule has 0 radical (unpaired) electrons. The van der Waals surface area contributed by atoms with Gasteiger partial charge >= 0.3 is 0 Å². The van der Waals surface area contributed by atoms with Gasteiger partial charge in [-0.25, -0.2) is 0 Å². The monoisotopic (exact) mass is 360 g/mol. The lowest BCUT2D eigenvalue weighted by Crippen LogP contribution is -2.33. The van der Waals surface area contributed by atoms with Crippen molar-refractivity contribution < 1.29 is 9.53 Å². The molecule has 5 heteroatoms. The molecular weight excluding hydrogens is 336 g/mol. The SMILES string of the molecule is COc1ccc(C(=O)CNCC(c2ccc(C)cc2)N(C)C)cc1Cl. The lowest BCUT2D eigenvalue weighted by molar-refractivity contribution is 0.0988. The first-order valence-corrected chi connectivity index (χ1v) is 8.60. The smallest absolute Gasteiger partial charge is 0.176 e. The molecule has 0 saturated heterocycles. The van der Waals surface area contributed by atoms with Crippen molar-refractivity contribution in [3.8, 4) is 5.75 Å². The first kappa shape index (κ1) is 19.4. The van der Waals surface area contributed by atoms with Crippen molar-refractivity contribution in [3.63, 3.8) is 0 Å². The number of rotatable bonds is 8. The van der Waals surface area contributed by atoms with E-state index in [-0.39, 0.29) is 18.4 Å². The number of nitrogens with one attached hydrogen (secondary N) is 1. The van der Waals surface area contributed by atoms with Crippen molar-refractivity contribution in [1.29, 1.82) is 0 Å². The van der Waals surface area contributed by atoms with Crippen LogP contribution in [0.25, 0.3) is 0 Å². The number of hydrogen-bond donors (Lipinski definition) is 1. The molecule has 2 rings (SSSR count). The van der Waals surface area contributed by atoms with E-state index in [2.05, 4.69) is 41.4 Å². The van der Waals surface area contributed by atoms with E-state index in [1.807, 2.05) is 14.1 Å². The average Bonchev–Trinajstić information content (AvgIpc) is 2.59. The van der Waals surface area contributed by atoms with Crippen LogP contribution in [0.2, 0.25) is 5.02 Å². The minimum absolute atomic E-state index is 0.00552. The van der Waals surface area contributed by atoms with Crippen molar-refractivity contribution in [3.05, 3.63) is 64.2 Å². The van der Waals surface area contributed by atoms with Crippen LogP contribution < -0.4 is 10.1 Å². The summed E-state index contributed by atoms with van der Waals surface area (Å²) in [5.74, 6) is 0.573. The number of hydrogen-bond acceptors (Lipinski definition) is 4. The second kappa shape index (κ2) is 8.99. The Balaban J connectivity index is 1.96. The third-order valence-corrected chi connectivity index (χ3v) is 4.48. The average molecular weight is 361 g/mol. The van der Waals surface area contributed by atoms with Crippen molar-refractivity contribution >= 4 is 17.4 Å². The van der Waals surface area contributed by atoms with E-state index in [0.717, 1.165) is 0 Å². The fourth-order valence-electron chi connectivity index (χ4n) is 2.65. The molecule has 0 bridgehead atoms. The summed E-state index contributed by atoms with van der Waals surface area (Å²) in [5.41, 5.74) is 3.04. The van der Waals surface area contributed by atoms with Crippen LogP contribution >= 0.6 is 11.6 Å². The molecule has 1 unspecified atom stereocenters. The van der Waals surface area contributed by atoms with Crippen LogP contribution in [0.5, 0.6) is 5.75 Å². The first-order chi connectivity index (χ1) is 11.9. The first-order valence-electron chi connectivity index (χ1n) is 8.23. The highest BCUT2D eigenvalue weighted by molar-refractivity contribution is 6.32. The molecule has 0 amide bonds. The topological polar surface area (TPSA) is 41.6 Å². The zero-order chi connectivity index (χ0) is 18.4. The standard InChI is InChI=1S/C20H25ClN2O2/c1-14-5-7-15(8-6-14)18(23(2)3)12-22-13-19(24)16-9-10-20(25-4)17(21)11-16/h5-11,18,22H,12-13H2,1-4H3. The van der Waals surface area contributed by atoms with Gasteiger partial charge in [0.05, 0.1) is 18.7 Å². The van der Waals surface area contributed by atoms with Crippen molar-refractivity contribution in [2.45, 2.75) is 13.0 Å². The van der Waals surface area contributed by atoms with Gasteiger partial charge in [-0.3, -0.25) is 4.79 Å². The number of ketones is 1. The number of halogens is 1. The normalized spacial score (nSPS) is 12.2. The summed E-state index contributed by atoms with van der Waals surface area (Å²) in [6.45, 7) is 3.02. The van der Waals surface area contributed by atoms with E-state index >= 15 is 0 Å². The predicted molar refractivity (Wildman–Crippen MR) is 103 cm³/mol. The highest BCUT2D eigenvalue weighted by Gasteiger charge is 2.15. The molecular formula is C20H25ClN2O2. The molecule has 0 aliphatic heterocycles. The summed E-state index contributed by atoms with van der Waals surface area (Å²) in [7, 11) is 5.63. The number of benzene rings is 2. The van der Waals surface area contributed by atoms with Crippen LogP contribution in [0.4, 0.5) is 0 Å². The van der Waals surface area contributed by atoms with Gasteiger partial charge in [0, 0.05) is 18.2 Å². The molecule has 2 aromatic rings. The summed E-state index contributed by atoms with van der Waals surface area (Å²) in [5, 5.41) is 3.70. The molecule has 0 fully saturated rings. The Labute approximate surface area is 154 Å². The van der Waals surface area contributed by atoms with E-state index < -0.39 is 0 Å². The highest BCUT2D eigenvalue weighted by Crippen LogP contribution is 2.25. The van der Waals surface area contributed by atoms with Gasteiger partial charge in [-0.2, -0.15) is 0 Å². The van der Waals surface area contributed by atoms with Gasteiger partial charge in [-0.1, -0.05) is 41.4 Å². The zero-order valence-electron chi connectivity index (χ0n) is 15.2. The lowest BCUT2D eigenvalue weighted by atomic mass is 10.0. The predicted octanol–water partition coefficient (Wildman–Crippen LogP) is 3.73. The molecule has 0 aromatic heterocycles. The van der Waals surface area contributed by atoms with Gasteiger partial charge in [-0.05, 0) is 44.8 Å². The summed E-state index contributed by atoms with van der Waals surface area (Å²) < 4.78 is 5.11. The number of ether oxygens (including phenoxy) is 1. The third-order valence-electron chi connectivity index (χ3n) is 4.18. The molecule has 2 aromatic carbocycles. The maximum Gasteiger partial charge on any atom is 0.176 e. The van der Waals surface area contributed by atoms with Gasteiger partial charge < -0.3 is 15.0 Å². The van der Waals surface area contributed by atoms with Crippen LogP contribution in [0.3, 0.4) is 0 Å². The number of carbonyl (C=O) groups excluding carboxylic acids is 1. The molecule has 1 atom stereocenters. The fraction of sp³-hybridized carbons (Fsp3) is 0.350. The maximum absolute atomic E-state index is 12.4. The molecule has 134 valence electrons. The highest BCUT2D eigenvalue weighted by atomic mass is 35.5. The molecule has 4 nitrogen and oxygen atoms in total. The summed E-state index contributed by atoms with van der Waals surface area (Å²) >= 11 is 6.09. The number of Topliss-reactive ketones (excluding diaryl/α,β-unsaturated/α-hetero) is 1. The number of likely N-dealkylation sites (N-methyl/N-ethyl adjacent to an activating group) is 1. The number of nitrogens with zero attached hydrogens (tertiary/aromatic N) is 1. The molecule has 25 heavy (non-hydrogen) atoms. The Morgan fingerprint density at radius 1 is 1.20 bits per heavy atom. The zero-order valence-corrected chi connectivity index (χ0v) is 15.9. The number of methoxy groups -OCH3 is 1. The van der Waals surface area contributed by atoms with E-state index in [9.17, 15) is 4.79 Å². The van der Waals surface area contributed by atoms with Crippen LogP contribution in [0, 0.1) is 6.92 Å². The lowest BCUT2D eigenvalue weighted by Gasteiger charge is -2.25. The number of carbonyl (C=O) groups is 1. The molecule has 0 spiro atoms. The quantitative estimate of drug-likeness (QED) is 0.728. The van der Waals surface area contributed by atoms with Crippen LogP contribution in [-0.4, -0.2) is 45.0 Å². The summed E-state index contributed by atoms with van der Waals surface area (Å²) in [6.07, 6.45) is 0. The largest absolute Gasteiger partial charge is 0.495 e. The fourth-order valence-corrected chi connectivity index (χ4v) is 2.91. The summed E-state index contributed by atoms with van der Waals surface area (Å²) in [6, 6.07) is 13.8. The van der Waals surface area contributed by atoms with Gasteiger partial charge in [0.1, 0.15) is 5.75 Å².